The third-order valence-corrected chi connectivity index (χ3v) is 4.02. The molecule has 90 valence electrons. The van der Waals surface area contributed by atoms with Crippen LogP contribution in [0.4, 0.5) is 5.88 Å². The molecule has 0 spiro atoms. The number of fused-ring (bicyclic) bond motifs is 1. The second-order valence-electron chi connectivity index (χ2n) is 4.13. The van der Waals surface area contributed by atoms with Crippen molar-refractivity contribution in [1.82, 2.24) is 0 Å². The van der Waals surface area contributed by atoms with Gasteiger partial charge < -0.3 is 14.1 Å². The van der Waals surface area contributed by atoms with Crippen molar-refractivity contribution in [1.29, 1.82) is 0 Å². The van der Waals surface area contributed by atoms with E-state index in [9.17, 15) is 4.79 Å². The van der Waals surface area contributed by atoms with Gasteiger partial charge in [-0.15, -0.1) is 11.3 Å². The SMILES string of the molecule is Cc1csc2c(=O)cc(N3CCOCC3)oc12. The van der Waals surface area contributed by atoms with Gasteiger partial charge in [0.15, 0.2) is 11.5 Å². The topological polar surface area (TPSA) is 42.7 Å². The number of hydrogen-bond acceptors (Lipinski definition) is 5. The van der Waals surface area contributed by atoms with Crippen LogP contribution in [-0.2, 0) is 4.74 Å². The summed E-state index contributed by atoms with van der Waals surface area (Å²) in [6, 6.07) is 1.59. The molecule has 0 atom stereocenters. The van der Waals surface area contributed by atoms with Gasteiger partial charge in [-0.3, -0.25) is 4.79 Å². The third-order valence-electron chi connectivity index (χ3n) is 2.93. The van der Waals surface area contributed by atoms with Crippen LogP contribution in [0.25, 0.3) is 10.3 Å². The minimum absolute atomic E-state index is 0.0471. The molecule has 3 rings (SSSR count). The lowest BCUT2D eigenvalue weighted by Gasteiger charge is -2.27. The highest BCUT2D eigenvalue weighted by Crippen LogP contribution is 2.26. The van der Waals surface area contributed by atoms with Crippen molar-refractivity contribution in [3.63, 3.8) is 0 Å². The number of aryl methyl sites for hydroxylation is 1. The van der Waals surface area contributed by atoms with Crippen molar-refractivity contribution in [2.75, 3.05) is 31.2 Å². The Morgan fingerprint density at radius 1 is 1.35 bits per heavy atom. The Hall–Kier alpha value is -1.33. The van der Waals surface area contributed by atoms with Gasteiger partial charge >= 0.3 is 0 Å². The number of rotatable bonds is 1. The quantitative estimate of drug-likeness (QED) is 0.777. The average molecular weight is 251 g/mol. The van der Waals surface area contributed by atoms with E-state index in [4.69, 9.17) is 9.15 Å². The molecule has 0 radical (unpaired) electrons. The van der Waals surface area contributed by atoms with E-state index in [2.05, 4.69) is 4.90 Å². The van der Waals surface area contributed by atoms with Gasteiger partial charge in [0.2, 0.25) is 5.43 Å². The number of morpholine rings is 1. The first kappa shape index (κ1) is 10.8. The van der Waals surface area contributed by atoms with Crippen molar-refractivity contribution >= 4 is 27.5 Å². The van der Waals surface area contributed by atoms with Crippen LogP contribution in [0.3, 0.4) is 0 Å². The molecule has 1 aliphatic heterocycles. The van der Waals surface area contributed by atoms with Gasteiger partial charge in [0.1, 0.15) is 4.70 Å². The van der Waals surface area contributed by atoms with Crippen molar-refractivity contribution in [3.8, 4) is 0 Å². The molecule has 2 aromatic heterocycles. The molecule has 4 nitrogen and oxygen atoms in total. The lowest BCUT2D eigenvalue weighted by atomic mass is 10.3. The van der Waals surface area contributed by atoms with Crippen LogP contribution in [0.1, 0.15) is 5.56 Å². The molecule has 0 bridgehead atoms. The van der Waals surface area contributed by atoms with Crippen LogP contribution in [0.15, 0.2) is 20.7 Å². The largest absolute Gasteiger partial charge is 0.439 e. The molecule has 0 unspecified atom stereocenters. The Labute approximate surface area is 102 Å². The fourth-order valence-corrected chi connectivity index (χ4v) is 2.87. The Morgan fingerprint density at radius 3 is 2.88 bits per heavy atom. The summed E-state index contributed by atoms with van der Waals surface area (Å²) in [5, 5.41) is 1.96. The van der Waals surface area contributed by atoms with Crippen molar-refractivity contribution in [3.05, 3.63) is 27.2 Å². The zero-order valence-corrected chi connectivity index (χ0v) is 10.4. The van der Waals surface area contributed by atoms with Gasteiger partial charge in [-0.1, -0.05) is 0 Å². The highest BCUT2D eigenvalue weighted by Gasteiger charge is 2.16. The molecule has 0 N–H and O–H groups in total. The molecule has 0 aromatic carbocycles. The van der Waals surface area contributed by atoms with Gasteiger partial charge in [-0.05, 0) is 12.3 Å². The minimum Gasteiger partial charge on any atom is -0.439 e. The maximum absolute atomic E-state index is 11.9. The van der Waals surface area contributed by atoms with Gasteiger partial charge in [-0.2, -0.15) is 0 Å². The highest BCUT2D eigenvalue weighted by atomic mass is 32.1. The summed E-state index contributed by atoms with van der Waals surface area (Å²) in [6.45, 7) is 4.88. The van der Waals surface area contributed by atoms with Gasteiger partial charge in [-0.25, -0.2) is 0 Å². The number of anilines is 1. The van der Waals surface area contributed by atoms with E-state index in [0.29, 0.717) is 23.8 Å². The summed E-state index contributed by atoms with van der Waals surface area (Å²) < 4.78 is 11.8. The van der Waals surface area contributed by atoms with E-state index in [0.717, 1.165) is 24.2 Å². The molecular formula is C12H13NO3S. The Kier molecular flexibility index (Phi) is 2.64. The first-order valence-corrected chi connectivity index (χ1v) is 6.48. The second kappa shape index (κ2) is 4.16. The first-order valence-electron chi connectivity index (χ1n) is 5.60. The molecule has 1 aliphatic rings. The van der Waals surface area contributed by atoms with Gasteiger partial charge in [0, 0.05) is 24.7 Å². The van der Waals surface area contributed by atoms with Gasteiger partial charge in [0.25, 0.3) is 0 Å². The molecule has 2 aromatic rings. The van der Waals surface area contributed by atoms with E-state index in [1.807, 2.05) is 12.3 Å². The predicted octanol–water partition coefficient (Wildman–Crippen LogP) is 2.00. The monoisotopic (exact) mass is 251 g/mol. The standard InChI is InChI=1S/C12H13NO3S/c1-8-7-17-12-9(14)6-10(16-11(8)12)13-2-4-15-5-3-13/h6-7H,2-5H2,1H3. The van der Waals surface area contributed by atoms with E-state index in [-0.39, 0.29) is 5.43 Å². The Balaban J connectivity index is 2.10. The van der Waals surface area contributed by atoms with Crippen LogP contribution in [0.5, 0.6) is 0 Å². The summed E-state index contributed by atoms with van der Waals surface area (Å²) in [4.78, 5) is 14.0. The molecule has 3 heterocycles. The normalized spacial score (nSPS) is 16.6. The average Bonchev–Trinajstić information content (AvgIpc) is 2.73. The Morgan fingerprint density at radius 2 is 2.12 bits per heavy atom. The third kappa shape index (κ3) is 1.85. The van der Waals surface area contributed by atoms with E-state index in [1.165, 1.54) is 11.3 Å². The molecule has 0 amide bonds. The Bertz CT molecular complexity index is 595. The van der Waals surface area contributed by atoms with Crippen LogP contribution in [-0.4, -0.2) is 26.3 Å². The van der Waals surface area contributed by atoms with Crippen molar-refractivity contribution < 1.29 is 9.15 Å². The van der Waals surface area contributed by atoms with Gasteiger partial charge in [0.05, 0.1) is 13.2 Å². The van der Waals surface area contributed by atoms with Crippen molar-refractivity contribution in [2.24, 2.45) is 0 Å². The second-order valence-corrected chi connectivity index (χ2v) is 5.00. The zero-order chi connectivity index (χ0) is 11.8. The lowest BCUT2D eigenvalue weighted by Crippen LogP contribution is -2.36. The van der Waals surface area contributed by atoms with Crippen LogP contribution < -0.4 is 10.3 Å². The van der Waals surface area contributed by atoms with E-state index < -0.39 is 0 Å². The smallest absolute Gasteiger partial charge is 0.204 e. The summed E-state index contributed by atoms with van der Waals surface area (Å²) in [5.74, 6) is 0.660. The molecule has 0 saturated carbocycles. The number of thiophene rings is 1. The van der Waals surface area contributed by atoms with Crippen LogP contribution in [0.2, 0.25) is 0 Å². The molecular weight excluding hydrogens is 238 g/mol. The zero-order valence-electron chi connectivity index (χ0n) is 9.56. The predicted molar refractivity (Wildman–Crippen MR) is 68.1 cm³/mol. The molecule has 5 heteroatoms. The summed E-state index contributed by atoms with van der Waals surface area (Å²) >= 11 is 1.45. The van der Waals surface area contributed by atoms with Crippen LogP contribution >= 0.6 is 11.3 Å². The molecule has 1 saturated heterocycles. The minimum atomic E-state index is 0.0471. The van der Waals surface area contributed by atoms with Crippen LogP contribution in [0, 0.1) is 6.92 Å². The maximum atomic E-state index is 11.9. The lowest BCUT2D eigenvalue weighted by molar-refractivity contribution is 0.121. The maximum Gasteiger partial charge on any atom is 0.204 e. The first-order chi connectivity index (χ1) is 8.25. The fraction of sp³-hybridized carbons (Fsp3) is 0.417. The molecule has 0 aliphatic carbocycles. The summed E-state index contributed by atoms with van der Waals surface area (Å²) in [7, 11) is 0. The number of nitrogens with zero attached hydrogens (tertiary/aromatic N) is 1. The number of ether oxygens (including phenoxy) is 1. The highest BCUT2D eigenvalue weighted by molar-refractivity contribution is 7.17. The van der Waals surface area contributed by atoms with E-state index in [1.54, 1.807) is 6.07 Å². The van der Waals surface area contributed by atoms with Crippen molar-refractivity contribution in [2.45, 2.75) is 6.92 Å². The fourth-order valence-electron chi connectivity index (χ4n) is 1.98. The van der Waals surface area contributed by atoms with E-state index >= 15 is 0 Å². The molecule has 17 heavy (non-hydrogen) atoms. The summed E-state index contributed by atoms with van der Waals surface area (Å²) in [6.07, 6.45) is 0. The molecule has 1 fully saturated rings. The summed E-state index contributed by atoms with van der Waals surface area (Å²) in [5.41, 5.74) is 1.80. The number of hydrogen-bond donors (Lipinski definition) is 0.